The number of hydrogen-bond acceptors (Lipinski definition) is 4. The van der Waals surface area contributed by atoms with Gasteiger partial charge in [0.2, 0.25) is 0 Å². The number of hydrogen-bond donors (Lipinski definition) is 0. The predicted octanol–water partition coefficient (Wildman–Crippen LogP) is -0.389. The highest BCUT2D eigenvalue weighted by atomic mass is 32.2. The van der Waals surface area contributed by atoms with E-state index in [-0.39, 0.29) is 0 Å². The highest BCUT2D eigenvalue weighted by molar-refractivity contribution is 7.85. The van der Waals surface area contributed by atoms with E-state index in [1.807, 2.05) is 0 Å². The van der Waals surface area contributed by atoms with E-state index in [9.17, 15) is 13.0 Å². The molecule has 0 rings (SSSR count). The molecule has 0 aromatic heterocycles. The zero-order valence-electron chi connectivity index (χ0n) is 4.44. The van der Waals surface area contributed by atoms with E-state index < -0.39 is 15.9 Å². The second-order valence-electron chi connectivity index (χ2n) is 1.26. The lowest BCUT2D eigenvalue weighted by atomic mass is 10.6. The molecule has 0 aliphatic heterocycles. The first kappa shape index (κ1) is 8.14. The lowest BCUT2D eigenvalue weighted by Gasteiger charge is -1.99. The Hall–Kier alpha value is -0.860. The number of nitrogens with zero attached hydrogens (tertiary/aromatic N) is 1. The van der Waals surface area contributed by atoms with Crippen LogP contribution in [0.1, 0.15) is 0 Å². The van der Waals surface area contributed by atoms with Crippen LogP contribution in [-0.2, 0) is 10.1 Å². The Bertz CT molecular complexity index is 233. The average Bonchev–Trinajstić information content (AvgIpc) is 1.63. The molecule has 5 heteroatoms. The van der Waals surface area contributed by atoms with E-state index in [2.05, 4.69) is 0 Å². The highest BCUT2D eigenvalue weighted by Gasteiger charge is 1.85. The molecule has 0 spiro atoms. The van der Waals surface area contributed by atoms with Crippen LogP contribution in [0.5, 0.6) is 0 Å². The Morgan fingerprint density at radius 3 is 2.56 bits per heavy atom. The molecule has 0 bridgehead atoms. The van der Waals surface area contributed by atoms with Gasteiger partial charge in [0.1, 0.15) is 0 Å². The van der Waals surface area contributed by atoms with E-state index >= 15 is 0 Å². The van der Waals surface area contributed by atoms with Crippen molar-refractivity contribution in [2.24, 2.45) is 0 Å². The molecule has 0 aromatic carbocycles. The molecule has 0 N–H and O–H groups in total. The van der Waals surface area contributed by atoms with E-state index in [0.717, 1.165) is 12.2 Å². The van der Waals surface area contributed by atoms with Crippen LogP contribution in [0.25, 0.3) is 0 Å². The molecule has 0 aliphatic rings. The molecule has 4 nitrogen and oxygen atoms in total. The lowest BCUT2D eigenvalue weighted by Crippen LogP contribution is -2.00. The van der Waals surface area contributed by atoms with Gasteiger partial charge >= 0.3 is 0 Å². The quantitative estimate of drug-likeness (QED) is 0.392. The van der Waals surface area contributed by atoms with E-state index in [0.29, 0.717) is 0 Å². The third-order valence-corrected chi connectivity index (χ3v) is 1.09. The first-order chi connectivity index (χ1) is 4.06. The van der Waals surface area contributed by atoms with Crippen molar-refractivity contribution in [3.8, 4) is 6.07 Å². The minimum atomic E-state index is -4.18. The van der Waals surface area contributed by atoms with Crippen molar-refractivity contribution >= 4 is 10.1 Å². The average molecular weight is 146 g/mol. The van der Waals surface area contributed by atoms with Gasteiger partial charge in [-0.2, -0.15) is 5.26 Å². The third-order valence-electron chi connectivity index (χ3n) is 0.493. The van der Waals surface area contributed by atoms with E-state index in [4.69, 9.17) is 5.26 Å². The topological polar surface area (TPSA) is 81.0 Å². The van der Waals surface area contributed by atoms with Gasteiger partial charge in [0.05, 0.1) is 21.9 Å². The summed E-state index contributed by atoms with van der Waals surface area (Å²) in [6.45, 7) is 0. The van der Waals surface area contributed by atoms with Gasteiger partial charge in [0.15, 0.2) is 0 Å². The van der Waals surface area contributed by atoms with Crippen LogP contribution < -0.4 is 0 Å². The Labute approximate surface area is 53.2 Å². The first-order valence-corrected chi connectivity index (χ1v) is 3.62. The summed E-state index contributed by atoms with van der Waals surface area (Å²) in [5, 5.41) is 7.83. The smallest absolute Gasteiger partial charge is 0.0982 e. The first-order valence-electron chi connectivity index (χ1n) is 2.04. The maximum absolute atomic E-state index is 9.79. The van der Waals surface area contributed by atoms with Gasteiger partial charge in [-0.3, -0.25) is 0 Å². The third kappa shape index (κ3) is 7.14. The summed E-state index contributed by atoms with van der Waals surface area (Å²) < 4.78 is 29.4. The van der Waals surface area contributed by atoms with Gasteiger partial charge < -0.3 is 4.55 Å². The molecule has 0 atom stereocenters. The van der Waals surface area contributed by atoms with Gasteiger partial charge in [-0.05, 0) is 0 Å². The summed E-state index contributed by atoms with van der Waals surface area (Å²) in [5.74, 6) is -0.611. The van der Waals surface area contributed by atoms with Crippen LogP contribution in [-0.4, -0.2) is 18.7 Å². The minimum absolute atomic E-state index is 0.611. The van der Waals surface area contributed by atoms with Gasteiger partial charge in [-0.25, -0.2) is 8.42 Å². The van der Waals surface area contributed by atoms with Crippen LogP contribution >= 0.6 is 0 Å². The van der Waals surface area contributed by atoms with Crippen LogP contribution in [0.4, 0.5) is 0 Å². The molecule has 0 radical (unpaired) electrons. The number of nitriles is 1. The van der Waals surface area contributed by atoms with Crippen LogP contribution in [0.2, 0.25) is 0 Å². The summed E-state index contributed by atoms with van der Waals surface area (Å²) in [5.41, 5.74) is 0. The van der Waals surface area contributed by atoms with Gasteiger partial charge in [0, 0.05) is 6.08 Å². The van der Waals surface area contributed by atoms with Gasteiger partial charge in [-0.1, -0.05) is 6.08 Å². The largest absolute Gasteiger partial charge is 0.748 e. The maximum atomic E-state index is 9.79. The Kier molecular flexibility index (Phi) is 2.91. The zero-order chi connectivity index (χ0) is 7.33. The molecule has 0 aromatic rings. The maximum Gasteiger partial charge on any atom is 0.0982 e. The summed E-state index contributed by atoms with van der Waals surface area (Å²) in [7, 11) is -4.18. The van der Waals surface area contributed by atoms with Crippen molar-refractivity contribution in [1.29, 1.82) is 5.26 Å². The normalized spacial score (nSPS) is 11.6. The summed E-state index contributed by atoms with van der Waals surface area (Å²) in [6, 6.07) is 1.56. The zero-order valence-corrected chi connectivity index (χ0v) is 5.26. The molecule has 0 unspecified atom stereocenters. The fourth-order valence-corrected chi connectivity index (χ4v) is 0.551. The fourth-order valence-electron chi connectivity index (χ4n) is 0.219. The standard InChI is InChI=1S/C4H5NO3S/c5-3-1-2-4-9(6,7)8/h1-2H,4H2,(H,6,7,8)/p-1/b2-1+. The molecule has 50 valence electrons. The van der Waals surface area contributed by atoms with Crippen molar-refractivity contribution < 1.29 is 13.0 Å². The molecule has 0 heterocycles. The predicted molar refractivity (Wildman–Crippen MR) is 29.3 cm³/mol. The summed E-state index contributed by atoms with van der Waals surface area (Å²) >= 11 is 0. The van der Waals surface area contributed by atoms with E-state index in [1.54, 1.807) is 6.07 Å². The van der Waals surface area contributed by atoms with Crippen molar-refractivity contribution in [3.63, 3.8) is 0 Å². The molecule has 0 fully saturated rings. The monoisotopic (exact) mass is 146 g/mol. The molecule has 0 saturated heterocycles. The molecular weight excluding hydrogens is 142 g/mol. The van der Waals surface area contributed by atoms with Gasteiger partial charge in [0.25, 0.3) is 0 Å². The molecular formula is C4H4NO3S-. The lowest BCUT2D eigenvalue weighted by molar-refractivity contribution is 0.466. The molecule has 0 amide bonds. The van der Waals surface area contributed by atoms with Crippen molar-refractivity contribution in [2.75, 3.05) is 5.75 Å². The highest BCUT2D eigenvalue weighted by Crippen LogP contribution is 1.81. The van der Waals surface area contributed by atoms with Crippen molar-refractivity contribution in [1.82, 2.24) is 0 Å². The summed E-state index contributed by atoms with van der Waals surface area (Å²) in [6.07, 6.45) is 1.96. The Balaban J connectivity index is 3.83. The molecule has 9 heavy (non-hydrogen) atoms. The van der Waals surface area contributed by atoms with Gasteiger partial charge in [-0.15, -0.1) is 0 Å². The Morgan fingerprint density at radius 1 is 1.67 bits per heavy atom. The fraction of sp³-hybridized carbons (Fsp3) is 0.250. The molecule has 0 saturated carbocycles. The molecule has 0 aliphatic carbocycles. The second kappa shape index (κ2) is 3.22. The van der Waals surface area contributed by atoms with Crippen LogP contribution in [0, 0.1) is 11.3 Å². The van der Waals surface area contributed by atoms with Crippen LogP contribution in [0.3, 0.4) is 0 Å². The van der Waals surface area contributed by atoms with E-state index in [1.165, 1.54) is 0 Å². The Morgan fingerprint density at radius 2 is 2.22 bits per heavy atom. The van der Waals surface area contributed by atoms with Crippen molar-refractivity contribution in [3.05, 3.63) is 12.2 Å². The SMILES string of the molecule is N#C/C=C/CS(=O)(=O)[O-]. The minimum Gasteiger partial charge on any atom is -0.748 e. The second-order valence-corrected chi connectivity index (χ2v) is 2.70. The van der Waals surface area contributed by atoms with Crippen LogP contribution in [0.15, 0.2) is 12.2 Å². The summed E-state index contributed by atoms with van der Waals surface area (Å²) in [4.78, 5) is 0. The number of rotatable bonds is 2. The van der Waals surface area contributed by atoms with Crippen molar-refractivity contribution in [2.45, 2.75) is 0 Å². The number of allylic oxidation sites excluding steroid dienone is 1.